The first-order valence-electron chi connectivity index (χ1n) is 11.1. The smallest absolute Gasteiger partial charge is 0.0791 e. The molecule has 32 heavy (non-hydrogen) atoms. The van der Waals surface area contributed by atoms with E-state index in [9.17, 15) is 0 Å². The van der Waals surface area contributed by atoms with Gasteiger partial charge in [-0.2, -0.15) is 0 Å². The summed E-state index contributed by atoms with van der Waals surface area (Å²) in [5.74, 6) is 0. The Morgan fingerprint density at radius 1 is 0.812 bits per heavy atom. The molecular formula is C29H23BrN2. The van der Waals surface area contributed by atoms with E-state index in [2.05, 4.69) is 108 Å². The van der Waals surface area contributed by atoms with Crippen LogP contribution in [0.2, 0.25) is 0 Å². The van der Waals surface area contributed by atoms with Crippen LogP contribution in [0.15, 0.2) is 76.2 Å². The fourth-order valence-corrected chi connectivity index (χ4v) is 5.37. The molecule has 0 atom stereocenters. The number of nitrogens with zero attached hydrogens (tertiary/aromatic N) is 1. The van der Waals surface area contributed by atoms with Crippen molar-refractivity contribution < 1.29 is 0 Å². The van der Waals surface area contributed by atoms with Gasteiger partial charge in [0.2, 0.25) is 0 Å². The Kier molecular flexibility index (Phi) is 4.55. The molecule has 0 fully saturated rings. The molecule has 0 amide bonds. The highest BCUT2D eigenvalue weighted by molar-refractivity contribution is 9.10. The lowest BCUT2D eigenvalue weighted by atomic mass is 9.90. The second kappa shape index (κ2) is 7.46. The van der Waals surface area contributed by atoms with Crippen molar-refractivity contribution in [2.45, 2.75) is 26.7 Å². The average molecular weight is 479 g/mol. The van der Waals surface area contributed by atoms with Crippen molar-refractivity contribution in [1.82, 2.24) is 4.98 Å². The first-order chi connectivity index (χ1) is 15.6. The second-order valence-electron chi connectivity index (χ2n) is 8.78. The molecule has 0 bridgehead atoms. The number of H-pyrrole nitrogens is 1. The molecule has 0 saturated heterocycles. The lowest BCUT2D eigenvalue weighted by Crippen LogP contribution is -2.03. The number of aliphatic imine (C=N–C) groups is 1. The van der Waals surface area contributed by atoms with E-state index in [1.807, 2.05) is 0 Å². The van der Waals surface area contributed by atoms with Crippen molar-refractivity contribution in [1.29, 1.82) is 0 Å². The molecule has 3 heteroatoms. The summed E-state index contributed by atoms with van der Waals surface area (Å²) in [6.07, 6.45) is 4.37. The monoisotopic (exact) mass is 478 g/mol. The summed E-state index contributed by atoms with van der Waals surface area (Å²) in [5, 5.41) is 0. The molecule has 1 N–H and O–H groups in total. The van der Waals surface area contributed by atoms with Crippen LogP contribution < -0.4 is 0 Å². The van der Waals surface area contributed by atoms with E-state index in [0.29, 0.717) is 0 Å². The maximum Gasteiger partial charge on any atom is 0.0791 e. The van der Waals surface area contributed by atoms with E-state index in [-0.39, 0.29) is 0 Å². The fraction of sp³-hybridized carbons (Fsp3) is 0.138. The van der Waals surface area contributed by atoms with Crippen LogP contribution in [-0.2, 0) is 12.8 Å². The van der Waals surface area contributed by atoms with Crippen LogP contribution in [0.25, 0.3) is 23.0 Å². The van der Waals surface area contributed by atoms with E-state index >= 15 is 0 Å². The number of hydrogen-bond acceptors (Lipinski definition) is 1. The van der Waals surface area contributed by atoms with Crippen LogP contribution in [0.5, 0.6) is 0 Å². The topological polar surface area (TPSA) is 28.1 Å². The van der Waals surface area contributed by atoms with Crippen LogP contribution in [0.1, 0.15) is 44.6 Å². The summed E-state index contributed by atoms with van der Waals surface area (Å²) in [7, 11) is 0. The quantitative estimate of drug-likeness (QED) is 0.308. The van der Waals surface area contributed by atoms with Gasteiger partial charge < -0.3 is 4.98 Å². The molecule has 1 aromatic heterocycles. The zero-order chi connectivity index (χ0) is 21.8. The molecule has 3 aromatic carbocycles. The highest BCUT2D eigenvalue weighted by Crippen LogP contribution is 2.37. The number of hydrogen-bond donors (Lipinski definition) is 1. The van der Waals surface area contributed by atoms with E-state index < -0.39 is 0 Å². The SMILES string of the molecule is Cc1ccc(C2=N/C(=C\c3cc4c([nH]3)-c3ccccc3CC4)c3ccc(Br)cc32)c(C)c1. The molecule has 1 aliphatic heterocycles. The number of aromatic nitrogens is 1. The lowest BCUT2D eigenvalue weighted by molar-refractivity contribution is 0.942. The minimum Gasteiger partial charge on any atom is -0.355 e. The highest BCUT2D eigenvalue weighted by atomic mass is 79.9. The molecular weight excluding hydrogens is 456 g/mol. The van der Waals surface area contributed by atoms with E-state index in [1.54, 1.807) is 0 Å². The first kappa shape index (κ1) is 19.5. The van der Waals surface area contributed by atoms with Crippen LogP contribution in [-0.4, -0.2) is 10.7 Å². The van der Waals surface area contributed by atoms with Crippen LogP contribution in [0.3, 0.4) is 0 Å². The maximum absolute atomic E-state index is 5.14. The van der Waals surface area contributed by atoms with Gasteiger partial charge in [0.05, 0.1) is 11.4 Å². The molecule has 2 aliphatic rings. The summed E-state index contributed by atoms with van der Waals surface area (Å²) in [6, 6.07) is 24.1. The Morgan fingerprint density at radius 3 is 2.50 bits per heavy atom. The highest BCUT2D eigenvalue weighted by Gasteiger charge is 2.24. The molecule has 0 radical (unpaired) electrons. The molecule has 6 rings (SSSR count). The Labute approximate surface area is 196 Å². The zero-order valence-electron chi connectivity index (χ0n) is 18.2. The minimum absolute atomic E-state index is 1.01. The zero-order valence-corrected chi connectivity index (χ0v) is 19.8. The molecule has 0 unspecified atom stereocenters. The number of nitrogens with one attached hydrogen (secondary N) is 1. The predicted octanol–water partition coefficient (Wildman–Crippen LogP) is 7.51. The first-order valence-corrected chi connectivity index (χ1v) is 11.8. The van der Waals surface area contributed by atoms with Gasteiger partial charge in [0, 0.05) is 38.1 Å². The van der Waals surface area contributed by atoms with Crippen molar-refractivity contribution in [3.05, 3.63) is 116 Å². The van der Waals surface area contributed by atoms with Gasteiger partial charge in [0.15, 0.2) is 0 Å². The fourth-order valence-electron chi connectivity index (χ4n) is 5.01. The number of rotatable bonds is 2. The van der Waals surface area contributed by atoms with Crippen LogP contribution in [0, 0.1) is 13.8 Å². The summed E-state index contributed by atoms with van der Waals surface area (Å²) >= 11 is 3.66. The molecule has 2 nitrogen and oxygen atoms in total. The number of halogens is 1. The van der Waals surface area contributed by atoms with Gasteiger partial charge in [0.25, 0.3) is 0 Å². The van der Waals surface area contributed by atoms with Crippen LogP contribution >= 0.6 is 15.9 Å². The third-order valence-corrected chi connectivity index (χ3v) is 7.04. The summed E-state index contributed by atoms with van der Waals surface area (Å²) < 4.78 is 1.07. The van der Waals surface area contributed by atoms with Crippen molar-refractivity contribution in [3.8, 4) is 11.3 Å². The molecule has 0 saturated carbocycles. The Morgan fingerprint density at radius 2 is 1.62 bits per heavy atom. The molecule has 2 heterocycles. The van der Waals surface area contributed by atoms with Gasteiger partial charge in [-0.15, -0.1) is 0 Å². The number of fused-ring (bicyclic) bond motifs is 4. The van der Waals surface area contributed by atoms with E-state index in [0.717, 1.165) is 34.4 Å². The van der Waals surface area contributed by atoms with E-state index in [4.69, 9.17) is 4.99 Å². The standard InChI is InChI=1S/C29H23BrN2/c1-17-7-11-23(18(2)13-17)29-26-15-21(30)10-12-25(26)27(32-29)16-22-14-20-9-8-19-5-3-4-6-24(19)28(20)31-22/h3-7,10-16,31H,8-9H2,1-2H3/b27-16-. The Hall–Kier alpha value is -3.17. The van der Waals surface area contributed by atoms with Crippen molar-refractivity contribution >= 4 is 33.4 Å². The predicted molar refractivity (Wildman–Crippen MR) is 137 cm³/mol. The molecule has 4 aromatic rings. The number of aryl methyl sites for hydroxylation is 4. The number of benzene rings is 3. The third-order valence-electron chi connectivity index (χ3n) is 6.54. The summed E-state index contributed by atoms with van der Waals surface area (Å²) in [5.41, 5.74) is 14.6. The second-order valence-corrected chi connectivity index (χ2v) is 9.70. The van der Waals surface area contributed by atoms with Gasteiger partial charge in [-0.05, 0) is 67.7 Å². The molecule has 156 valence electrons. The third kappa shape index (κ3) is 3.20. The van der Waals surface area contributed by atoms with Gasteiger partial charge in [0.1, 0.15) is 0 Å². The summed E-state index contributed by atoms with van der Waals surface area (Å²) in [6.45, 7) is 4.30. The van der Waals surface area contributed by atoms with Crippen molar-refractivity contribution in [2.75, 3.05) is 0 Å². The normalized spacial score (nSPS) is 15.3. The maximum atomic E-state index is 5.14. The van der Waals surface area contributed by atoms with Crippen molar-refractivity contribution in [3.63, 3.8) is 0 Å². The lowest BCUT2D eigenvalue weighted by Gasteiger charge is -2.15. The molecule has 0 spiro atoms. The molecule has 1 aliphatic carbocycles. The number of aromatic amines is 1. The van der Waals surface area contributed by atoms with Crippen LogP contribution in [0.4, 0.5) is 0 Å². The van der Waals surface area contributed by atoms with Gasteiger partial charge in [-0.1, -0.05) is 70.0 Å². The van der Waals surface area contributed by atoms with E-state index in [1.165, 1.54) is 50.2 Å². The Balaban J connectivity index is 1.48. The van der Waals surface area contributed by atoms with Crippen molar-refractivity contribution in [2.24, 2.45) is 4.99 Å². The Bertz CT molecular complexity index is 1450. The average Bonchev–Trinajstić information content (AvgIpc) is 3.35. The van der Waals surface area contributed by atoms with Gasteiger partial charge >= 0.3 is 0 Å². The van der Waals surface area contributed by atoms with Gasteiger partial charge in [-0.25, -0.2) is 4.99 Å². The largest absolute Gasteiger partial charge is 0.355 e. The van der Waals surface area contributed by atoms with Gasteiger partial charge in [-0.3, -0.25) is 0 Å². The minimum atomic E-state index is 1.01. The summed E-state index contributed by atoms with van der Waals surface area (Å²) in [4.78, 5) is 8.82.